The monoisotopic (exact) mass is 354 g/mol. The molecule has 2 atom stereocenters. The molecule has 26 heavy (non-hydrogen) atoms. The highest BCUT2D eigenvalue weighted by molar-refractivity contribution is 5.94. The molecule has 2 aliphatic rings. The number of likely N-dealkylation sites (tertiary alicyclic amines) is 2. The molecule has 1 N–H and O–H groups in total. The Bertz CT molecular complexity index is 805. The number of hydrogen-bond acceptors (Lipinski definition) is 5. The molecular formula is C18H22N6O2. The summed E-state index contributed by atoms with van der Waals surface area (Å²) in [7, 11) is 1.81. The Morgan fingerprint density at radius 3 is 2.69 bits per heavy atom. The van der Waals surface area contributed by atoms with Crippen LogP contribution in [0.3, 0.4) is 0 Å². The van der Waals surface area contributed by atoms with Crippen LogP contribution in [0, 0.1) is 0 Å². The second-order valence-electron chi connectivity index (χ2n) is 6.87. The Kier molecular flexibility index (Phi) is 4.42. The van der Waals surface area contributed by atoms with Gasteiger partial charge < -0.3 is 10.2 Å². The minimum absolute atomic E-state index is 0.0439. The van der Waals surface area contributed by atoms with Crippen molar-refractivity contribution < 1.29 is 9.59 Å². The molecule has 2 fully saturated rings. The number of aromatic nitrogens is 3. The topological polar surface area (TPSA) is 83.4 Å². The third-order valence-electron chi connectivity index (χ3n) is 5.21. The highest BCUT2D eigenvalue weighted by Crippen LogP contribution is 2.32. The van der Waals surface area contributed by atoms with Crippen molar-refractivity contribution in [3.63, 3.8) is 0 Å². The Morgan fingerprint density at radius 2 is 1.96 bits per heavy atom. The molecular weight excluding hydrogens is 332 g/mol. The summed E-state index contributed by atoms with van der Waals surface area (Å²) < 4.78 is 1.65. The van der Waals surface area contributed by atoms with Crippen LogP contribution in [0.5, 0.6) is 0 Å². The molecule has 0 bridgehead atoms. The van der Waals surface area contributed by atoms with Gasteiger partial charge >= 0.3 is 0 Å². The molecule has 0 aromatic carbocycles. The van der Waals surface area contributed by atoms with Crippen molar-refractivity contribution in [3.05, 3.63) is 42.5 Å². The van der Waals surface area contributed by atoms with Gasteiger partial charge in [0.2, 0.25) is 5.91 Å². The number of anilines is 1. The third-order valence-corrected chi connectivity index (χ3v) is 5.21. The maximum Gasteiger partial charge on any atom is 0.254 e. The van der Waals surface area contributed by atoms with Crippen molar-refractivity contribution in [3.8, 4) is 0 Å². The third kappa shape index (κ3) is 3.20. The molecule has 0 spiro atoms. The predicted octanol–water partition coefficient (Wildman–Crippen LogP) is 0.743. The number of amides is 2. The molecule has 0 aliphatic carbocycles. The number of carbonyl (C=O) groups excluding carboxylic acids is 2. The summed E-state index contributed by atoms with van der Waals surface area (Å²) >= 11 is 0. The number of rotatable bonds is 4. The summed E-state index contributed by atoms with van der Waals surface area (Å²) in [6.07, 6.45) is 8.50. The van der Waals surface area contributed by atoms with Crippen LogP contribution in [-0.2, 0) is 11.8 Å². The molecule has 4 rings (SSSR count). The molecule has 4 heterocycles. The van der Waals surface area contributed by atoms with Gasteiger partial charge in [-0.3, -0.25) is 24.2 Å². The number of aryl methyl sites for hydroxylation is 1. The average Bonchev–Trinajstić information content (AvgIpc) is 3.33. The second-order valence-corrected chi connectivity index (χ2v) is 6.87. The van der Waals surface area contributed by atoms with E-state index >= 15 is 0 Å². The van der Waals surface area contributed by atoms with Gasteiger partial charge in [0.05, 0.1) is 18.4 Å². The summed E-state index contributed by atoms with van der Waals surface area (Å²) in [5, 5.41) is 6.93. The van der Waals surface area contributed by atoms with Crippen LogP contribution in [0.1, 0.15) is 23.2 Å². The summed E-state index contributed by atoms with van der Waals surface area (Å²) in [4.78, 5) is 33.2. The SMILES string of the molecule is Cn1cc(NC(=O)CN2CC[C@H]3[C@@H]2CCN3C(=O)c2ccncc2)cn1. The van der Waals surface area contributed by atoms with E-state index in [4.69, 9.17) is 0 Å². The Hall–Kier alpha value is -2.74. The van der Waals surface area contributed by atoms with Gasteiger partial charge in [0, 0.05) is 56.4 Å². The maximum atomic E-state index is 12.8. The number of hydrogen-bond donors (Lipinski definition) is 1. The summed E-state index contributed by atoms with van der Waals surface area (Å²) in [6.45, 7) is 1.90. The Balaban J connectivity index is 1.37. The van der Waals surface area contributed by atoms with E-state index in [1.165, 1.54) is 0 Å². The normalized spacial score (nSPS) is 22.4. The molecule has 2 saturated heterocycles. The Morgan fingerprint density at radius 1 is 1.19 bits per heavy atom. The van der Waals surface area contributed by atoms with Crippen molar-refractivity contribution in [2.24, 2.45) is 7.05 Å². The van der Waals surface area contributed by atoms with E-state index < -0.39 is 0 Å². The molecule has 136 valence electrons. The maximum absolute atomic E-state index is 12.8. The fraction of sp³-hybridized carbons (Fsp3) is 0.444. The van der Waals surface area contributed by atoms with Crippen LogP contribution in [0.15, 0.2) is 36.9 Å². The zero-order valence-electron chi connectivity index (χ0n) is 14.7. The van der Waals surface area contributed by atoms with Gasteiger partial charge in [0.15, 0.2) is 0 Å². The van der Waals surface area contributed by atoms with E-state index in [0.717, 1.165) is 25.9 Å². The molecule has 0 radical (unpaired) electrons. The van der Waals surface area contributed by atoms with E-state index in [9.17, 15) is 9.59 Å². The molecule has 2 aliphatic heterocycles. The minimum atomic E-state index is -0.0439. The summed E-state index contributed by atoms with van der Waals surface area (Å²) in [5.74, 6) is 0.0131. The lowest BCUT2D eigenvalue weighted by Crippen LogP contribution is -2.41. The van der Waals surface area contributed by atoms with Crippen molar-refractivity contribution in [2.45, 2.75) is 24.9 Å². The van der Waals surface area contributed by atoms with E-state index in [1.54, 1.807) is 41.6 Å². The molecule has 2 amide bonds. The van der Waals surface area contributed by atoms with Gasteiger partial charge in [-0.05, 0) is 25.0 Å². The first-order valence-electron chi connectivity index (χ1n) is 8.85. The van der Waals surface area contributed by atoms with E-state index in [-0.39, 0.29) is 23.9 Å². The fourth-order valence-electron chi connectivity index (χ4n) is 4.05. The first kappa shape index (κ1) is 16.7. The first-order valence-corrected chi connectivity index (χ1v) is 8.85. The first-order chi connectivity index (χ1) is 12.6. The lowest BCUT2D eigenvalue weighted by atomic mass is 10.1. The standard InChI is InChI=1S/C18H22N6O2/c1-22-11-14(10-20-22)21-17(25)12-23-8-4-16-15(23)5-9-24(16)18(26)13-2-6-19-7-3-13/h2-3,6-7,10-11,15-16H,4-5,8-9,12H2,1H3,(H,21,25)/t15-,16-/m0/s1. The van der Waals surface area contributed by atoms with Crippen LogP contribution < -0.4 is 5.32 Å². The fourth-order valence-corrected chi connectivity index (χ4v) is 4.05. The number of fused-ring (bicyclic) bond motifs is 1. The largest absolute Gasteiger partial charge is 0.334 e. The van der Waals surface area contributed by atoms with Gasteiger partial charge in [-0.2, -0.15) is 5.10 Å². The summed E-state index contributed by atoms with van der Waals surface area (Å²) in [5.41, 5.74) is 1.38. The summed E-state index contributed by atoms with van der Waals surface area (Å²) in [6, 6.07) is 3.94. The quantitative estimate of drug-likeness (QED) is 0.876. The van der Waals surface area contributed by atoms with E-state index in [1.807, 2.05) is 11.9 Å². The van der Waals surface area contributed by atoms with Gasteiger partial charge in [0.1, 0.15) is 0 Å². The van der Waals surface area contributed by atoms with Crippen molar-refractivity contribution in [1.29, 1.82) is 0 Å². The van der Waals surface area contributed by atoms with E-state index in [2.05, 4.69) is 20.3 Å². The van der Waals surface area contributed by atoms with Gasteiger partial charge in [0.25, 0.3) is 5.91 Å². The molecule has 0 unspecified atom stereocenters. The van der Waals surface area contributed by atoms with Gasteiger partial charge in [-0.15, -0.1) is 0 Å². The second kappa shape index (κ2) is 6.87. The highest BCUT2D eigenvalue weighted by Gasteiger charge is 2.44. The molecule has 0 saturated carbocycles. The number of nitrogens with zero attached hydrogens (tertiary/aromatic N) is 5. The van der Waals surface area contributed by atoms with Crippen molar-refractivity contribution >= 4 is 17.5 Å². The van der Waals surface area contributed by atoms with Gasteiger partial charge in [-0.1, -0.05) is 0 Å². The van der Waals surface area contributed by atoms with Crippen molar-refractivity contribution in [1.82, 2.24) is 24.6 Å². The number of nitrogens with one attached hydrogen (secondary N) is 1. The lowest BCUT2D eigenvalue weighted by Gasteiger charge is -2.25. The van der Waals surface area contributed by atoms with E-state index in [0.29, 0.717) is 17.8 Å². The van der Waals surface area contributed by atoms with Crippen LogP contribution >= 0.6 is 0 Å². The van der Waals surface area contributed by atoms with Crippen LogP contribution in [-0.4, -0.2) is 68.1 Å². The average molecular weight is 354 g/mol. The Labute approximate surface area is 151 Å². The zero-order valence-corrected chi connectivity index (χ0v) is 14.7. The highest BCUT2D eigenvalue weighted by atomic mass is 16.2. The van der Waals surface area contributed by atoms with Crippen molar-refractivity contribution in [2.75, 3.05) is 25.0 Å². The zero-order chi connectivity index (χ0) is 18.1. The molecule has 8 heteroatoms. The van der Waals surface area contributed by atoms with Gasteiger partial charge in [-0.25, -0.2) is 0 Å². The number of carbonyl (C=O) groups is 2. The smallest absolute Gasteiger partial charge is 0.254 e. The molecule has 2 aromatic heterocycles. The molecule has 8 nitrogen and oxygen atoms in total. The lowest BCUT2D eigenvalue weighted by molar-refractivity contribution is -0.117. The van der Waals surface area contributed by atoms with Crippen LogP contribution in [0.25, 0.3) is 0 Å². The van der Waals surface area contributed by atoms with Crippen LogP contribution in [0.2, 0.25) is 0 Å². The minimum Gasteiger partial charge on any atom is -0.334 e. The molecule has 2 aromatic rings. The number of pyridine rings is 1. The van der Waals surface area contributed by atoms with Crippen LogP contribution in [0.4, 0.5) is 5.69 Å². The predicted molar refractivity (Wildman–Crippen MR) is 95.5 cm³/mol.